The van der Waals surface area contributed by atoms with E-state index in [2.05, 4.69) is 19.2 Å². The van der Waals surface area contributed by atoms with Crippen molar-refractivity contribution in [3.63, 3.8) is 0 Å². The Labute approximate surface area is 109 Å². The predicted octanol–water partition coefficient (Wildman–Crippen LogP) is 2.43. The van der Waals surface area contributed by atoms with Gasteiger partial charge < -0.3 is 10.4 Å². The molecule has 1 amide bonds. The lowest BCUT2D eigenvalue weighted by molar-refractivity contribution is -0.148. The third-order valence-electron chi connectivity index (χ3n) is 3.68. The Bertz CT molecular complexity index is 289. The minimum absolute atomic E-state index is 0.0640. The number of aliphatic carboxylic acids is 1. The largest absolute Gasteiger partial charge is 0.481 e. The highest BCUT2D eigenvalue weighted by molar-refractivity contribution is 5.84. The summed E-state index contributed by atoms with van der Waals surface area (Å²) < 4.78 is 0. The van der Waals surface area contributed by atoms with Crippen LogP contribution in [0.5, 0.6) is 0 Å². The van der Waals surface area contributed by atoms with Crippen LogP contribution in [0, 0.1) is 17.8 Å². The maximum atomic E-state index is 12.0. The van der Waals surface area contributed by atoms with Gasteiger partial charge in [0, 0.05) is 6.54 Å². The van der Waals surface area contributed by atoms with Crippen molar-refractivity contribution in [1.82, 2.24) is 5.32 Å². The van der Waals surface area contributed by atoms with Gasteiger partial charge in [0.25, 0.3) is 0 Å². The number of amides is 1. The van der Waals surface area contributed by atoms with Gasteiger partial charge in [0.1, 0.15) is 0 Å². The highest BCUT2D eigenvalue weighted by Crippen LogP contribution is 2.30. The van der Waals surface area contributed by atoms with Crippen LogP contribution in [0.4, 0.5) is 0 Å². The molecule has 0 radical (unpaired) electrons. The van der Waals surface area contributed by atoms with E-state index >= 15 is 0 Å². The van der Waals surface area contributed by atoms with E-state index in [1.807, 2.05) is 0 Å². The molecule has 1 fully saturated rings. The van der Waals surface area contributed by atoms with Crippen molar-refractivity contribution in [1.29, 1.82) is 0 Å². The molecule has 2 unspecified atom stereocenters. The second-order valence-electron chi connectivity index (χ2n) is 5.66. The quantitative estimate of drug-likeness (QED) is 0.716. The van der Waals surface area contributed by atoms with E-state index in [1.54, 1.807) is 0 Å². The molecule has 0 aromatic heterocycles. The molecule has 0 heterocycles. The summed E-state index contributed by atoms with van der Waals surface area (Å²) in [7, 11) is 0. The number of carbonyl (C=O) groups is 2. The summed E-state index contributed by atoms with van der Waals surface area (Å²) in [6.07, 6.45) is 5.30. The zero-order valence-electron chi connectivity index (χ0n) is 11.4. The molecule has 0 aromatic rings. The molecule has 104 valence electrons. The highest BCUT2D eigenvalue weighted by atomic mass is 16.4. The van der Waals surface area contributed by atoms with E-state index in [0.717, 1.165) is 25.7 Å². The number of carboxylic acid groups (broad SMARTS) is 1. The fourth-order valence-corrected chi connectivity index (χ4v) is 2.59. The van der Waals surface area contributed by atoms with Gasteiger partial charge in [-0.05, 0) is 31.6 Å². The lowest BCUT2D eigenvalue weighted by Gasteiger charge is -2.27. The molecule has 4 heteroatoms. The molecule has 1 rings (SSSR count). The number of carbonyl (C=O) groups excluding carboxylic acids is 1. The first-order valence-electron chi connectivity index (χ1n) is 7.03. The van der Waals surface area contributed by atoms with Crippen molar-refractivity contribution in [3.05, 3.63) is 0 Å². The van der Waals surface area contributed by atoms with Crippen molar-refractivity contribution in [2.24, 2.45) is 17.8 Å². The maximum Gasteiger partial charge on any atom is 0.307 e. The molecule has 2 N–H and O–H groups in total. The topological polar surface area (TPSA) is 66.4 Å². The van der Waals surface area contributed by atoms with Gasteiger partial charge in [0.15, 0.2) is 0 Å². The lowest BCUT2D eigenvalue weighted by atomic mass is 9.78. The molecule has 0 spiro atoms. The monoisotopic (exact) mass is 255 g/mol. The number of nitrogens with one attached hydrogen (secondary N) is 1. The standard InChI is InChI=1S/C14H25NO3/c1-10(2)6-5-9-15-13(16)11-7-3-4-8-12(11)14(17)18/h10-12H,3-9H2,1-2H3,(H,15,16)(H,17,18). The van der Waals surface area contributed by atoms with E-state index in [1.165, 1.54) is 0 Å². The third kappa shape index (κ3) is 4.67. The number of rotatable bonds is 6. The van der Waals surface area contributed by atoms with Crippen molar-refractivity contribution < 1.29 is 14.7 Å². The van der Waals surface area contributed by atoms with E-state index in [4.69, 9.17) is 5.11 Å². The minimum Gasteiger partial charge on any atom is -0.481 e. The molecular formula is C14H25NO3. The van der Waals surface area contributed by atoms with Crippen LogP contribution in [-0.2, 0) is 9.59 Å². The second-order valence-corrected chi connectivity index (χ2v) is 5.66. The van der Waals surface area contributed by atoms with Gasteiger partial charge in [0.2, 0.25) is 5.91 Å². The molecule has 0 bridgehead atoms. The zero-order valence-corrected chi connectivity index (χ0v) is 11.4. The molecule has 0 aliphatic heterocycles. The Hall–Kier alpha value is -1.06. The average Bonchev–Trinajstić information content (AvgIpc) is 2.34. The van der Waals surface area contributed by atoms with Crippen molar-refractivity contribution in [2.45, 2.75) is 52.4 Å². The highest BCUT2D eigenvalue weighted by Gasteiger charge is 2.35. The Balaban J connectivity index is 2.36. The van der Waals surface area contributed by atoms with E-state index in [0.29, 0.717) is 25.3 Å². The van der Waals surface area contributed by atoms with Crippen molar-refractivity contribution >= 4 is 11.9 Å². The zero-order chi connectivity index (χ0) is 13.5. The Morgan fingerprint density at radius 1 is 1.22 bits per heavy atom. The average molecular weight is 255 g/mol. The first-order valence-corrected chi connectivity index (χ1v) is 7.03. The summed E-state index contributed by atoms with van der Waals surface area (Å²) in [5, 5.41) is 12.0. The van der Waals surface area contributed by atoms with Crippen molar-refractivity contribution in [2.75, 3.05) is 6.54 Å². The van der Waals surface area contributed by atoms with Gasteiger partial charge in [-0.25, -0.2) is 0 Å². The maximum absolute atomic E-state index is 12.0. The second kappa shape index (κ2) is 7.39. The van der Waals surface area contributed by atoms with Crippen LogP contribution in [0.2, 0.25) is 0 Å². The van der Waals surface area contributed by atoms with Gasteiger partial charge in [-0.15, -0.1) is 0 Å². The van der Waals surface area contributed by atoms with Crippen LogP contribution in [0.15, 0.2) is 0 Å². The minimum atomic E-state index is -0.822. The summed E-state index contributed by atoms with van der Waals surface area (Å²) in [4.78, 5) is 23.1. The Morgan fingerprint density at radius 3 is 2.39 bits per heavy atom. The summed E-state index contributed by atoms with van der Waals surface area (Å²) in [5.74, 6) is -1.05. The normalized spacial score (nSPS) is 23.9. The van der Waals surface area contributed by atoms with Crippen LogP contribution < -0.4 is 5.32 Å². The summed E-state index contributed by atoms with van der Waals surface area (Å²) in [5.41, 5.74) is 0. The smallest absolute Gasteiger partial charge is 0.307 e. The predicted molar refractivity (Wildman–Crippen MR) is 70.2 cm³/mol. The number of hydrogen-bond acceptors (Lipinski definition) is 2. The fourth-order valence-electron chi connectivity index (χ4n) is 2.59. The molecule has 18 heavy (non-hydrogen) atoms. The van der Waals surface area contributed by atoms with Gasteiger partial charge in [-0.2, -0.15) is 0 Å². The molecule has 1 aliphatic rings. The van der Waals surface area contributed by atoms with Gasteiger partial charge >= 0.3 is 5.97 Å². The number of carboxylic acids is 1. The van der Waals surface area contributed by atoms with Crippen LogP contribution in [0.1, 0.15) is 52.4 Å². The number of hydrogen-bond donors (Lipinski definition) is 2. The summed E-state index contributed by atoms with van der Waals surface area (Å²) in [6, 6.07) is 0. The van der Waals surface area contributed by atoms with Crippen LogP contribution >= 0.6 is 0 Å². The van der Waals surface area contributed by atoms with Crippen LogP contribution in [0.25, 0.3) is 0 Å². The molecule has 4 nitrogen and oxygen atoms in total. The molecule has 0 saturated heterocycles. The lowest BCUT2D eigenvalue weighted by Crippen LogP contribution is -2.40. The molecule has 1 saturated carbocycles. The van der Waals surface area contributed by atoms with Gasteiger partial charge in [-0.1, -0.05) is 26.7 Å². The SMILES string of the molecule is CC(C)CCCNC(=O)C1CCCCC1C(=O)O. The third-order valence-corrected chi connectivity index (χ3v) is 3.68. The van der Waals surface area contributed by atoms with E-state index in [-0.39, 0.29) is 11.8 Å². The Morgan fingerprint density at radius 2 is 1.83 bits per heavy atom. The molecule has 0 aromatic carbocycles. The molecule has 2 atom stereocenters. The first kappa shape index (κ1) is 15.0. The Kier molecular flexibility index (Phi) is 6.16. The van der Waals surface area contributed by atoms with Crippen molar-refractivity contribution in [3.8, 4) is 0 Å². The van der Waals surface area contributed by atoms with Crippen LogP contribution in [-0.4, -0.2) is 23.5 Å². The van der Waals surface area contributed by atoms with E-state index < -0.39 is 11.9 Å². The molecular weight excluding hydrogens is 230 g/mol. The van der Waals surface area contributed by atoms with Gasteiger partial charge in [-0.3, -0.25) is 9.59 Å². The van der Waals surface area contributed by atoms with Gasteiger partial charge in [0.05, 0.1) is 11.8 Å². The molecule has 1 aliphatic carbocycles. The van der Waals surface area contributed by atoms with E-state index in [9.17, 15) is 9.59 Å². The summed E-state index contributed by atoms with van der Waals surface area (Å²) >= 11 is 0. The first-order chi connectivity index (χ1) is 8.52. The van der Waals surface area contributed by atoms with Crippen LogP contribution in [0.3, 0.4) is 0 Å². The summed E-state index contributed by atoms with van der Waals surface area (Å²) in [6.45, 7) is 4.98. The fraction of sp³-hybridized carbons (Fsp3) is 0.857.